The molecule has 1 atom stereocenters. The van der Waals surface area contributed by atoms with Crippen LogP contribution in [-0.2, 0) is 19.6 Å². The van der Waals surface area contributed by atoms with E-state index >= 15 is 0 Å². The van der Waals surface area contributed by atoms with Crippen molar-refractivity contribution in [2.75, 3.05) is 11.6 Å². The number of aryl methyl sites for hydroxylation is 1. The molecule has 2 aromatic carbocycles. The van der Waals surface area contributed by atoms with E-state index in [0.717, 1.165) is 32.1 Å². The van der Waals surface area contributed by atoms with Gasteiger partial charge in [0.15, 0.2) is 0 Å². The third-order valence-electron chi connectivity index (χ3n) is 7.41. The molecular formula is C27H31N5O5S. The zero-order valence-corrected chi connectivity index (χ0v) is 22.0. The third-order valence-corrected chi connectivity index (χ3v) is 8.81. The third kappa shape index (κ3) is 5.08. The Kier molecular flexibility index (Phi) is 7.31. The number of carbonyl (C=O) groups is 2. The van der Waals surface area contributed by atoms with Crippen LogP contribution in [0.3, 0.4) is 0 Å². The van der Waals surface area contributed by atoms with Gasteiger partial charge in [-0.15, -0.1) is 0 Å². The van der Waals surface area contributed by atoms with Gasteiger partial charge in [0, 0.05) is 12.5 Å². The molecule has 1 saturated carbocycles. The summed E-state index contributed by atoms with van der Waals surface area (Å²) in [5.41, 5.74) is 0.660. The second-order valence-electron chi connectivity index (χ2n) is 9.85. The number of sulfonamides is 1. The quantitative estimate of drug-likeness (QED) is 0.350. The monoisotopic (exact) mass is 537 g/mol. The zero-order valence-electron chi connectivity index (χ0n) is 21.2. The van der Waals surface area contributed by atoms with Gasteiger partial charge in [-0.05, 0) is 50.5 Å². The van der Waals surface area contributed by atoms with Gasteiger partial charge in [0.05, 0.1) is 28.2 Å². The van der Waals surface area contributed by atoms with Gasteiger partial charge in [0.2, 0.25) is 21.8 Å². The Balaban J connectivity index is 1.59. The first-order chi connectivity index (χ1) is 18.3. The molecule has 5 rings (SSSR count). The Hall–Kier alpha value is -3.57. The van der Waals surface area contributed by atoms with Crippen molar-refractivity contribution < 1.29 is 18.0 Å². The van der Waals surface area contributed by atoms with Crippen molar-refractivity contribution in [3.63, 3.8) is 0 Å². The van der Waals surface area contributed by atoms with E-state index in [1.54, 1.807) is 43.3 Å². The zero-order chi connectivity index (χ0) is 26.9. The first-order valence-corrected chi connectivity index (χ1v) is 14.4. The van der Waals surface area contributed by atoms with Gasteiger partial charge in [0.25, 0.3) is 5.56 Å². The number of hydrogen-bond acceptors (Lipinski definition) is 7. The minimum Gasteiger partial charge on any atom is -0.354 e. The van der Waals surface area contributed by atoms with Crippen LogP contribution in [0.15, 0.2) is 58.2 Å². The maximum absolute atomic E-state index is 14.0. The molecule has 0 radical (unpaired) electrons. The van der Waals surface area contributed by atoms with Gasteiger partial charge in [-0.3, -0.25) is 24.3 Å². The first-order valence-electron chi connectivity index (χ1n) is 12.9. The van der Waals surface area contributed by atoms with Crippen molar-refractivity contribution in [2.45, 2.75) is 68.8 Å². The molecule has 1 aliphatic heterocycles. The molecule has 2 amide bonds. The first kappa shape index (κ1) is 26.1. The molecule has 1 aromatic heterocycles. The lowest BCUT2D eigenvalue weighted by molar-refractivity contribution is -0.135. The average molecular weight is 538 g/mol. The fourth-order valence-electron chi connectivity index (χ4n) is 5.51. The molecule has 1 aliphatic carbocycles. The van der Waals surface area contributed by atoms with Gasteiger partial charge < -0.3 is 4.90 Å². The van der Waals surface area contributed by atoms with E-state index in [2.05, 4.69) is 15.0 Å². The molecule has 38 heavy (non-hydrogen) atoms. The summed E-state index contributed by atoms with van der Waals surface area (Å²) >= 11 is 0. The van der Waals surface area contributed by atoms with Crippen molar-refractivity contribution in [3.8, 4) is 0 Å². The van der Waals surface area contributed by atoms with Crippen molar-refractivity contribution in [2.24, 2.45) is 0 Å². The second kappa shape index (κ2) is 10.7. The molecular weight excluding hydrogens is 506 g/mol. The fraction of sp³-hybridized carbons (Fsp3) is 0.407. The van der Waals surface area contributed by atoms with Gasteiger partial charge in [0.1, 0.15) is 11.9 Å². The van der Waals surface area contributed by atoms with E-state index in [0.29, 0.717) is 22.4 Å². The van der Waals surface area contributed by atoms with Gasteiger partial charge in [-0.1, -0.05) is 43.5 Å². The highest BCUT2D eigenvalue weighted by atomic mass is 32.2. The van der Waals surface area contributed by atoms with Gasteiger partial charge >= 0.3 is 0 Å². The molecule has 2 heterocycles. The number of nitrogens with one attached hydrogen (secondary N) is 2. The Morgan fingerprint density at radius 3 is 2.45 bits per heavy atom. The number of fused-ring (bicyclic) bond motifs is 1. The molecule has 0 bridgehead atoms. The van der Waals surface area contributed by atoms with Crippen LogP contribution >= 0.6 is 0 Å². The summed E-state index contributed by atoms with van der Waals surface area (Å²) in [6, 6.07) is 12.7. The lowest BCUT2D eigenvalue weighted by Gasteiger charge is -2.36. The highest BCUT2D eigenvalue weighted by molar-refractivity contribution is 7.89. The lowest BCUT2D eigenvalue weighted by atomic mass is 9.93. The number of rotatable bonds is 7. The Bertz CT molecular complexity index is 1530. The summed E-state index contributed by atoms with van der Waals surface area (Å²) in [4.78, 5) is 45.1. The van der Waals surface area contributed by atoms with Crippen LogP contribution in [0.5, 0.6) is 0 Å². The lowest BCUT2D eigenvalue weighted by Crippen LogP contribution is -2.46. The van der Waals surface area contributed by atoms with Crippen LogP contribution in [0, 0.1) is 6.92 Å². The van der Waals surface area contributed by atoms with E-state index in [-0.39, 0.29) is 41.9 Å². The number of anilines is 1. The van der Waals surface area contributed by atoms with Crippen LogP contribution < -0.4 is 20.5 Å². The van der Waals surface area contributed by atoms with E-state index in [4.69, 9.17) is 0 Å². The summed E-state index contributed by atoms with van der Waals surface area (Å²) < 4.78 is 30.2. The summed E-state index contributed by atoms with van der Waals surface area (Å²) in [6.07, 6.45) is 5.21. The number of nitrogens with zero attached hydrogens (tertiary/aromatic N) is 3. The predicted molar refractivity (Wildman–Crippen MR) is 143 cm³/mol. The summed E-state index contributed by atoms with van der Waals surface area (Å²) in [6.45, 7) is 1.65. The van der Waals surface area contributed by atoms with Gasteiger partial charge in [-0.25, -0.2) is 13.4 Å². The standard InChI is InChI=1S/C27H31N5O5S/c1-18-29-21-13-8-14-22(25(21)27(35)32(18)23-15-16-24(33)30-26(23)34)31(19-9-4-2-5-10-19)17-28-38(36,37)20-11-6-3-7-12-20/h3,6-8,11-14,19,23,28H,2,4-5,9-10,15-17H2,1H3,(H,30,33,34). The van der Waals surface area contributed by atoms with E-state index in [1.807, 2.05) is 4.90 Å². The minimum absolute atomic E-state index is 0.0211. The SMILES string of the molecule is Cc1nc2cccc(N(CNS(=O)(=O)c3ccccc3)C3CCCCC3)c2c(=O)n1C1CCC(=O)NC1=O. The molecule has 1 unspecified atom stereocenters. The van der Waals surface area contributed by atoms with Crippen LogP contribution in [0.4, 0.5) is 5.69 Å². The van der Waals surface area contributed by atoms with Crippen LogP contribution in [-0.4, -0.2) is 42.5 Å². The molecule has 10 nitrogen and oxygen atoms in total. The van der Waals surface area contributed by atoms with E-state index in [9.17, 15) is 22.8 Å². The normalized spacial score (nSPS) is 18.9. The van der Waals surface area contributed by atoms with Crippen LogP contribution in [0.1, 0.15) is 56.8 Å². The number of amides is 2. The molecule has 11 heteroatoms. The molecule has 200 valence electrons. The van der Waals surface area contributed by atoms with Crippen molar-refractivity contribution in [3.05, 3.63) is 64.7 Å². The number of carbonyl (C=O) groups excluding carboxylic acids is 2. The Morgan fingerprint density at radius 1 is 1.00 bits per heavy atom. The highest BCUT2D eigenvalue weighted by Gasteiger charge is 2.32. The number of hydrogen-bond donors (Lipinski definition) is 2. The second-order valence-corrected chi connectivity index (χ2v) is 11.6. The molecule has 2 fully saturated rings. The van der Waals surface area contributed by atoms with Crippen LogP contribution in [0.25, 0.3) is 10.9 Å². The predicted octanol–water partition coefficient (Wildman–Crippen LogP) is 2.76. The van der Waals surface area contributed by atoms with Crippen LogP contribution in [0.2, 0.25) is 0 Å². The summed E-state index contributed by atoms with van der Waals surface area (Å²) in [5.74, 6) is -0.506. The van der Waals surface area contributed by atoms with Gasteiger partial charge in [-0.2, -0.15) is 4.72 Å². The average Bonchev–Trinajstić information content (AvgIpc) is 2.91. The Labute approximate surface area is 221 Å². The maximum Gasteiger partial charge on any atom is 0.264 e. The molecule has 3 aromatic rings. The number of benzene rings is 2. The van der Waals surface area contributed by atoms with Crippen molar-refractivity contribution >= 4 is 38.4 Å². The Morgan fingerprint density at radius 2 is 1.74 bits per heavy atom. The molecule has 2 aliphatic rings. The number of aromatic nitrogens is 2. The topological polar surface area (TPSA) is 130 Å². The number of imide groups is 1. The van der Waals surface area contributed by atoms with Crippen molar-refractivity contribution in [1.29, 1.82) is 0 Å². The largest absolute Gasteiger partial charge is 0.354 e. The maximum atomic E-state index is 14.0. The molecule has 0 spiro atoms. The summed E-state index contributed by atoms with van der Waals surface area (Å²) in [5, 5.41) is 2.65. The smallest absolute Gasteiger partial charge is 0.264 e. The highest BCUT2D eigenvalue weighted by Crippen LogP contribution is 2.31. The summed E-state index contributed by atoms with van der Waals surface area (Å²) in [7, 11) is -3.79. The number of piperidine rings is 1. The molecule has 1 saturated heterocycles. The van der Waals surface area contributed by atoms with E-state index in [1.165, 1.54) is 16.7 Å². The molecule has 2 N–H and O–H groups in total. The van der Waals surface area contributed by atoms with Crippen molar-refractivity contribution in [1.82, 2.24) is 19.6 Å². The fourth-order valence-corrected chi connectivity index (χ4v) is 6.50. The minimum atomic E-state index is -3.79. The van der Waals surface area contributed by atoms with E-state index < -0.39 is 22.0 Å².